The zero-order valence-corrected chi connectivity index (χ0v) is 9.46. The third kappa shape index (κ3) is 2.70. The highest BCUT2D eigenvalue weighted by molar-refractivity contribution is 5.01. The lowest BCUT2D eigenvalue weighted by molar-refractivity contribution is 0.0819. The van der Waals surface area contributed by atoms with Gasteiger partial charge in [-0.25, -0.2) is 0 Å². The molecule has 0 aromatic heterocycles. The summed E-state index contributed by atoms with van der Waals surface area (Å²) in [5.41, 5.74) is 0.307. The monoisotopic (exact) mass is 208 g/mol. The van der Waals surface area contributed by atoms with Crippen molar-refractivity contribution in [2.24, 2.45) is 5.41 Å². The van der Waals surface area contributed by atoms with Gasteiger partial charge in [-0.3, -0.25) is 0 Å². The molecule has 1 heterocycles. The van der Waals surface area contributed by atoms with Crippen LogP contribution < -0.4 is 5.32 Å². The maximum absolute atomic E-state index is 8.72. The van der Waals surface area contributed by atoms with Gasteiger partial charge in [0, 0.05) is 25.6 Å². The smallest absolute Gasteiger partial charge is 0.0726 e. The Kier molecular flexibility index (Phi) is 3.28. The van der Waals surface area contributed by atoms with Crippen LogP contribution >= 0.6 is 0 Å². The molecule has 1 aliphatic heterocycles. The zero-order valence-electron chi connectivity index (χ0n) is 9.46. The molecule has 1 saturated heterocycles. The first-order valence-corrected chi connectivity index (χ1v) is 5.98. The quantitative estimate of drug-likeness (QED) is 0.749. The van der Waals surface area contributed by atoms with E-state index in [1.54, 1.807) is 0 Å². The van der Waals surface area contributed by atoms with E-state index in [1.165, 1.54) is 25.7 Å². The van der Waals surface area contributed by atoms with Crippen LogP contribution in [0.4, 0.5) is 0 Å². The summed E-state index contributed by atoms with van der Waals surface area (Å²) in [7, 11) is 0. The maximum Gasteiger partial charge on any atom is 0.0726 e. The second-order valence-corrected chi connectivity index (χ2v) is 5.06. The molecule has 84 valence electrons. The van der Waals surface area contributed by atoms with Crippen molar-refractivity contribution in [3.05, 3.63) is 0 Å². The summed E-state index contributed by atoms with van der Waals surface area (Å²) < 4.78 is 5.63. The number of hydrogen-bond donors (Lipinski definition) is 1. The molecule has 2 aliphatic rings. The Morgan fingerprint density at radius 1 is 1.60 bits per heavy atom. The minimum absolute atomic E-state index is 0.307. The summed E-state index contributed by atoms with van der Waals surface area (Å²) in [6, 6.07) is 2.73. The average Bonchev–Trinajstić information content (AvgIpc) is 2.81. The molecular formula is C12H20N2O. The van der Waals surface area contributed by atoms with Gasteiger partial charge in [0.05, 0.1) is 12.2 Å². The summed E-state index contributed by atoms with van der Waals surface area (Å²) in [5.74, 6) is 0. The van der Waals surface area contributed by atoms with Gasteiger partial charge in [0.1, 0.15) is 0 Å². The van der Waals surface area contributed by atoms with E-state index in [0.717, 1.165) is 13.2 Å². The van der Waals surface area contributed by atoms with Gasteiger partial charge in [-0.1, -0.05) is 0 Å². The third-order valence-electron chi connectivity index (χ3n) is 3.73. The van der Waals surface area contributed by atoms with Crippen molar-refractivity contribution in [2.75, 3.05) is 13.2 Å². The molecule has 0 spiro atoms. The molecule has 3 heteroatoms. The first kappa shape index (κ1) is 10.9. The van der Waals surface area contributed by atoms with Crippen molar-refractivity contribution in [1.29, 1.82) is 5.26 Å². The van der Waals surface area contributed by atoms with E-state index in [0.29, 0.717) is 24.0 Å². The zero-order chi connectivity index (χ0) is 10.7. The lowest BCUT2D eigenvalue weighted by Crippen LogP contribution is -2.40. The highest BCUT2D eigenvalue weighted by atomic mass is 16.5. The van der Waals surface area contributed by atoms with E-state index >= 15 is 0 Å². The molecule has 1 aliphatic carbocycles. The molecule has 15 heavy (non-hydrogen) atoms. The fourth-order valence-corrected chi connectivity index (χ4v) is 2.27. The van der Waals surface area contributed by atoms with E-state index in [-0.39, 0.29) is 0 Å². The fraction of sp³-hybridized carbons (Fsp3) is 0.917. The van der Waals surface area contributed by atoms with Crippen LogP contribution in [-0.2, 0) is 4.74 Å². The van der Waals surface area contributed by atoms with Crippen molar-refractivity contribution in [1.82, 2.24) is 5.32 Å². The van der Waals surface area contributed by atoms with Gasteiger partial charge >= 0.3 is 0 Å². The van der Waals surface area contributed by atoms with Gasteiger partial charge in [0.2, 0.25) is 0 Å². The minimum atomic E-state index is 0.307. The van der Waals surface area contributed by atoms with Gasteiger partial charge < -0.3 is 10.1 Å². The highest BCUT2D eigenvalue weighted by Gasteiger charge is 2.42. The van der Waals surface area contributed by atoms with Crippen molar-refractivity contribution in [2.45, 2.75) is 51.2 Å². The van der Waals surface area contributed by atoms with Gasteiger partial charge in [-0.2, -0.15) is 5.26 Å². The first-order chi connectivity index (χ1) is 7.26. The van der Waals surface area contributed by atoms with Gasteiger partial charge in [0.15, 0.2) is 0 Å². The first-order valence-electron chi connectivity index (χ1n) is 5.98. The SMILES string of the molecule is CC(NCC1(CC#N)CC1)C1CCCO1. The Morgan fingerprint density at radius 2 is 2.40 bits per heavy atom. The van der Waals surface area contributed by atoms with Crippen molar-refractivity contribution in [3.63, 3.8) is 0 Å². The Labute approximate surface area is 91.8 Å². The molecule has 0 aromatic carbocycles. The molecule has 3 nitrogen and oxygen atoms in total. The molecule has 0 radical (unpaired) electrons. The average molecular weight is 208 g/mol. The Balaban J connectivity index is 1.71. The van der Waals surface area contributed by atoms with E-state index in [1.807, 2.05) is 0 Å². The second-order valence-electron chi connectivity index (χ2n) is 5.06. The molecule has 1 saturated carbocycles. The normalized spacial score (nSPS) is 29.7. The van der Waals surface area contributed by atoms with Crippen LogP contribution in [0.25, 0.3) is 0 Å². The number of nitrogens with zero attached hydrogens (tertiary/aromatic N) is 1. The molecular weight excluding hydrogens is 188 g/mol. The van der Waals surface area contributed by atoms with Crippen molar-refractivity contribution < 1.29 is 4.74 Å². The summed E-state index contributed by atoms with van der Waals surface area (Å²) in [6.07, 6.45) is 5.90. The summed E-state index contributed by atoms with van der Waals surface area (Å²) in [4.78, 5) is 0. The van der Waals surface area contributed by atoms with Gasteiger partial charge in [-0.15, -0.1) is 0 Å². The highest BCUT2D eigenvalue weighted by Crippen LogP contribution is 2.47. The number of nitriles is 1. The van der Waals surface area contributed by atoms with Crippen LogP contribution in [0, 0.1) is 16.7 Å². The largest absolute Gasteiger partial charge is 0.377 e. The molecule has 2 unspecified atom stereocenters. The lowest BCUT2D eigenvalue weighted by atomic mass is 10.0. The molecule has 0 bridgehead atoms. The number of ether oxygens (including phenoxy) is 1. The van der Waals surface area contributed by atoms with Crippen molar-refractivity contribution in [3.8, 4) is 6.07 Å². The topological polar surface area (TPSA) is 45.0 Å². The maximum atomic E-state index is 8.72. The van der Waals surface area contributed by atoms with Crippen LogP contribution in [0.5, 0.6) is 0 Å². The van der Waals surface area contributed by atoms with Crippen LogP contribution in [-0.4, -0.2) is 25.3 Å². The van der Waals surface area contributed by atoms with Gasteiger partial charge in [0.25, 0.3) is 0 Å². The number of nitrogens with one attached hydrogen (secondary N) is 1. The molecule has 1 N–H and O–H groups in total. The van der Waals surface area contributed by atoms with Gasteiger partial charge in [-0.05, 0) is 38.0 Å². The minimum Gasteiger partial charge on any atom is -0.377 e. The lowest BCUT2D eigenvalue weighted by Gasteiger charge is -2.22. The molecule has 2 rings (SSSR count). The van der Waals surface area contributed by atoms with E-state index < -0.39 is 0 Å². The Morgan fingerprint density at radius 3 is 2.93 bits per heavy atom. The Bertz CT molecular complexity index is 249. The van der Waals surface area contributed by atoms with Crippen LogP contribution in [0.1, 0.15) is 39.0 Å². The summed E-state index contributed by atoms with van der Waals surface area (Å²) in [6.45, 7) is 4.10. The summed E-state index contributed by atoms with van der Waals surface area (Å²) in [5, 5.41) is 12.3. The van der Waals surface area contributed by atoms with Crippen LogP contribution in [0.2, 0.25) is 0 Å². The molecule has 0 aromatic rings. The standard InChI is InChI=1S/C12H20N2O/c1-10(11-3-2-8-15-11)14-9-12(4-5-12)6-7-13/h10-11,14H,2-6,8-9H2,1H3. The third-order valence-corrected chi connectivity index (χ3v) is 3.73. The predicted octanol–water partition coefficient (Wildman–Crippen LogP) is 1.84. The molecule has 2 fully saturated rings. The number of rotatable bonds is 5. The summed E-state index contributed by atoms with van der Waals surface area (Å²) >= 11 is 0. The second kappa shape index (κ2) is 4.51. The number of hydrogen-bond acceptors (Lipinski definition) is 3. The predicted molar refractivity (Wildman–Crippen MR) is 58.3 cm³/mol. The van der Waals surface area contributed by atoms with Crippen LogP contribution in [0.3, 0.4) is 0 Å². The van der Waals surface area contributed by atoms with E-state index in [9.17, 15) is 0 Å². The van der Waals surface area contributed by atoms with Crippen molar-refractivity contribution >= 4 is 0 Å². The van der Waals surface area contributed by atoms with E-state index in [2.05, 4.69) is 18.3 Å². The Hall–Kier alpha value is -0.590. The van der Waals surface area contributed by atoms with E-state index in [4.69, 9.17) is 10.00 Å². The van der Waals surface area contributed by atoms with Crippen LogP contribution in [0.15, 0.2) is 0 Å². The molecule has 2 atom stereocenters. The fourth-order valence-electron chi connectivity index (χ4n) is 2.27. The molecule has 0 amide bonds.